The second-order valence-electron chi connectivity index (χ2n) is 9.08. The van der Waals surface area contributed by atoms with Crippen molar-refractivity contribution in [3.05, 3.63) is 83.3 Å². The van der Waals surface area contributed by atoms with Crippen LogP contribution in [0.2, 0.25) is 0 Å². The number of hydrogen-bond acceptors (Lipinski definition) is 5. The van der Waals surface area contributed by atoms with Gasteiger partial charge in [0, 0.05) is 19.0 Å². The Morgan fingerprint density at radius 2 is 1.66 bits per heavy atom. The van der Waals surface area contributed by atoms with E-state index in [0.29, 0.717) is 12.3 Å². The number of fused-ring (bicyclic) bond motifs is 3. The van der Waals surface area contributed by atoms with Crippen molar-refractivity contribution in [1.82, 2.24) is 10.2 Å². The number of ether oxygens (including phenoxy) is 1. The van der Waals surface area contributed by atoms with Gasteiger partial charge in [-0.1, -0.05) is 55.5 Å². The van der Waals surface area contributed by atoms with Gasteiger partial charge < -0.3 is 24.5 Å². The first kappa shape index (κ1) is 22.7. The van der Waals surface area contributed by atoms with E-state index in [0.717, 1.165) is 22.3 Å². The normalized spacial score (nSPS) is 18.7. The molecule has 1 fully saturated rings. The predicted octanol–water partition coefficient (Wildman–Crippen LogP) is 4.11. The number of rotatable bonds is 6. The molecule has 2 N–H and O–H groups in total. The maximum atomic E-state index is 12.7. The summed E-state index contributed by atoms with van der Waals surface area (Å²) in [4.78, 5) is 37.9. The summed E-state index contributed by atoms with van der Waals surface area (Å²) in [5.74, 6) is -1.46. The fraction of sp³-hybridized carbons (Fsp3) is 0.296. The Balaban J connectivity index is 1.15. The van der Waals surface area contributed by atoms with Gasteiger partial charge >= 0.3 is 12.1 Å². The van der Waals surface area contributed by atoms with Gasteiger partial charge in [0.05, 0.1) is 12.5 Å². The molecule has 1 saturated heterocycles. The lowest BCUT2D eigenvalue weighted by atomic mass is 9.98. The molecule has 0 saturated carbocycles. The molecule has 1 aromatic heterocycles. The number of nitrogens with one attached hydrogen (secondary N) is 1. The molecule has 8 heteroatoms. The van der Waals surface area contributed by atoms with Crippen molar-refractivity contribution >= 4 is 18.0 Å². The van der Waals surface area contributed by atoms with Gasteiger partial charge in [0.15, 0.2) is 5.76 Å². The Morgan fingerprint density at radius 1 is 1.00 bits per heavy atom. The Labute approximate surface area is 202 Å². The Kier molecular flexibility index (Phi) is 6.03. The average molecular weight is 475 g/mol. The third kappa shape index (κ3) is 4.39. The highest BCUT2D eigenvalue weighted by Crippen LogP contribution is 2.44. The Morgan fingerprint density at radius 3 is 2.29 bits per heavy atom. The molecular weight excluding hydrogens is 448 g/mol. The van der Waals surface area contributed by atoms with Crippen molar-refractivity contribution in [3.63, 3.8) is 0 Å². The van der Waals surface area contributed by atoms with Crippen LogP contribution in [0.1, 0.15) is 40.3 Å². The number of carbonyl (C=O) groups excluding carboxylic acids is 2. The van der Waals surface area contributed by atoms with Gasteiger partial charge in [-0.05, 0) is 40.3 Å². The van der Waals surface area contributed by atoms with Crippen molar-refractivity contribution in [2.45, 2.75) is 19.4 Å². The number of amides is 2. The quantitative estimate of drug-likeness (QED) is 0.557. The van der Waals surface area contributed by atoms with Gasteiger partial charge in [0.1, 0.15) is 12.4 Å². The summed E-state index contributed by atoms with van der Waals surface area (Å²) >= 11 is 0. The van der Waals surface area contributed by atoms with Crippen LogP contribution in [0.5, 0.6) is 0 Å². The molecule has 1 aliphatic carbocycles. The zero-order chi connectivity index (χ0) is 24.5. The number of likely N-dealkylation sites (tertiary alicyclic amines) is 1. The maximum absolute atomic E-state index is 12.7. The molecule has 2 aromatic carbocycles. The second-order valence-corrected chi connectivity index (χ2v) is 9.08. The lowest BCUT2D eigenvalue weighted by Crippen LogP contribution is -2.29. The van der Waals surface area contributed by atoms with Crippen LogP contribution in [0.3, 0.4) is 0 Å². The van der Waals surface area contributed by atoms with Gasteiger partial charge in [-0.3, -0.25) is 9.59 Å². The highest BCUT2D eigenvalue weighted by Gasteiger charge is 2.38. The highest BCUT2D eigenvalue weighted by molar-refractivity contribution is 5.92. The van der Waals surface area contributed by atoms with Crippen LogP contribution in [-0.2, 0) is 16.1 Å². The van der Waals surface area contributed by atoms with Crippen LogP contribution in [0.25, 0.3) is 11.1 Å². The minimum absolute atomic E-state index is 0.0292. The molecule has 2 aliphatic rings. The summed E-state index contributed by atoms with van der Waals surface area (Å²) in [6, 6.07) is 19.4. The zero-order valence-corrected chi connectivity index (χ0v) is 19.3. The summed E-state index contributed by atoms with van der Waals surface area (Å²) in [5, 5.41) is 11.9. The van der Waals surface area contributed by atoms with Crippen molar-refractivity contribution in [2.24, 2.45) is 11.8 Å². The second kappa shape index (κ2) is 9.29. The topological polar surface area (TPSA) is 109 Å². The van der Waals surface area contributed by atoms with E-state index in [-0.39, 0.29) is 43.2 Å². The summed E-state index contributed by atoms with van der Waals surface area (Å²) in [6.45, 7) is 2.61. The van der Waals surface area contributed by atoms with Gasteiger partial charge in [-0.25, -0.2) is 4.79 Å². The number of benzene rings is 2. The molecule has 0 radical (unpaired) electrons. The lowest BCUT2D eigenvalue weighted by molar-refractivity contribution is -0.142. The van der Waals surface area contributed by atoms with Crippen molar-refractivity contribution in [1.29, 1.82) is 0 Å². The largest absolute Gasteiger partial charge is 0.481 e. The summed E-state index contributed by atoms with van der Waals surface area (Å²) in [5.41, 5.74) is 4.59. The highest BCUT2D eigenvalue weighted by atomic mass is 16.5. The molecule has 2 atom stereocenters. The number of hydrogen-bond donors (Lipinski definition) is 2. The minimum atomic E-state index is -0.903. The van der Waals surface area contributed by atoms with Gasteiger partial charge in [-0.15, -0.1) is 0 Å². The maximum Gasteiger partial charge on any atom is 0.407 e. The van der Waals surface area contributed by atoms with Gasteiger partial charge in [-0.2, -0.15) is 0 Å². The molecule has 2 heterocycles. The molecule has 180 valence electrons. The van der Waals surface area contributed by atoms with Crippen LogP contribution in [0.15, 0.2) is 65.1 Å². The lowest BCUT2D eigenvalue weighted by Gasteiger charge is -2.14. The van der Waals surface area contributed by atoms with E-state index in [1.165, 1.54) is 11.0 Å². The Bertz CT molecular complexity index is 1240. The van der Waals surface area contributed by atoms with Crippen molar-refractivity contribution < 1.29 is 28.6 Å². The number of nitrogens with zero attached hydrogens (tertiary/aromatic N) is 1. The number of alkyl carbamates (subject to hydrolysis) is 1. The number of carboxylic acids is 1. The van der Waals surface area contributed by atoms with E-state index in [2.05, 4.69) is 29.6 Å². The molecule has 5 rings (SSSR count). The molecule has 0 bridgehead atoms. The summed E-state index contributed by atoms with van der Waals surface area (Å²) < 4.78 is 11.1. The molecule has 2 unspecified atom stereocenters. The number of furan rings is 1. The van der Waals surface area contributed by atoms with Crippen LogP contribution in [0.4, 0.5) is 4.79 Å². The van der Waals surface area contributed by atoms with Crippen molar-refractivity contribution in [2.75, 3.05) is 19.7 Å². The van der Waals surface area contributed by atoms with Crippen LogP contribution < -0.4 is 5.32 Å². The van der Waals surface area contributed by atoms with E-state index in [9.17, 15) is 19.5 Å². The third-order valence-electron chi connectivity index (χ3n) is 6.84. The van der Waals surface area contributed by atoms with E-state index >= 15 is 0 Å². The first-order chi connectivity index (χ1) is 16.9. The summed E-state index contributed by atoms with van der Waals surface area (Å²) in [6.07, 6.45) is -0.575. The predicted molar refractivity (Wildman–Crippen MR) is 127 cm³/mol. The average Bonchev–Trinajstić information content (AvgIpc) is 3.57. The first-order valence-electron chi connectivity index (χ1n) is 11.6. The van der Waals surface area contributed by atoms with E-state index in [1.54, 1.807) is 6.07 Å². The zero-order valence-electron chi connectivity index (χ0n) is 19.3. The molecule has 35 heavy (non-hydrogen) atoms. The molecular formula is C27H26N2O6. The summed E-state index contributed by atoms with van der Waals surface area (Å²) in [7, 11) is 0. The number of carbonyl (C=O) groups is 3. The fourth-order valence-electron chi connectivity index (χ4n) is 5.01. The van der Waals surface area contributed by atoms with Gasteiger partial charge in [0.25, 0.3) is 5.91 Å². The molecule has 0 spiro atoms. The smallest absolute Gasteiger partial charge is 0.407 e. The SMILES string of the molecule is CC1CN(C(=O)c2ccc(CNC(=O)OCC3c4ccccc4-c4ccccc43)o2)CC1C(=O)O. The third-order valence-corrected chi connectivity index (χ3v) is 6.84. The molecule has 1 aliphatic heterocycles. The monoisotopic (exact) mass is 474 g/mol. The van der Waals surface area contributed by atoms with Gasteiger partial charge in [0.2, 0.25) is 0 Å². The molecule has 2 amide bonds. The fourth-order valence-corrected chi connectivity index (χ4v) is 5.01. The molecule has 8 nitrogen and oxygen atoms in total. The minimum Gasteiger partial charge on any atom is -0.481 e. The Hall–Kier alpha value is -4.07. The number of aliphatic carboxylic acids is 1. The van der Waals surface area contributed by atoms with E-state index in [1.807, 2.05) is 31.2 Å². The van der Waals surface area contributed by atoms with Crippen LogP contribution in [-0.4, -0.2) is 47.7 Å². The van der Waals surface area contributed by atoms with E-state index < -0.39 is 18.0 Å². The van der Waals surface area contributed by atoms with Crippen LogP contribution in [0, 0.1) is 11.8 Å². The number of carboxylic acid groups (broad SMARTS) is 1. The first-order valence-corrected chi connectivity index (χ1v) is 11.6. The van der Waals surface area contributed by atoms with Crippen LogP contribution >= 0.6 is 0 Å². The van der Waals surface area contributed by atoms with E-state index in [4.69, 9.17) is 9.15 Å². The van der Waals surface area contributed by atoms with Crippen molar-refractivity contribution in [3.8, 4) is 11.1 Å². The standard InChI is InChI=1S/C27H26N2O6/c1-16-13-29(14-22(16)26(31)32)25(30)24-11-10-17(35-24)12-28-27(33)34-15-23-20-8-4-2-6-18(20)19-7-3-5-9-21(19)23/h2-11,16,22-23H,12-15H2,1H3,(H,28,33)(H,31,32). The molecule has 3 aromatic rings.